The molecule has 2 aliphatic carbocycles. The standard InChI is InChI=1S/C25H27FN2O/c26-23-10-2-1-7-20(23)25(29)27-17-11-21-18-8-3-5-15(18)13-28-14-16-6-4-9-19(16)22(12-17)24(21)28/h1-2,7,10-12,15-16,18-19H,3-6,8-9,13-14H2,(H,27,29)/t15-,16-,18-,19+/m0/s1. The molecule has 1 amide bonds. The van der Waals surface area contributed by atoms with Crippen LogP contribution in [0.25, 0.3) is 0 Å². The Labute approximate surface area is 171 Å². The topological polar surface area (TPSA) is 32.3 Å². The van der Waals surface area contributed by atoms with Gasteiger partial charge in [0.2, 0.25) is 0 Å². The SMILES string of the molecule is O=C(Nc1cc2c3c(c1)[C@@H]1CCC[C@H]1CN3C[C@@H]1CCC[C@H]21)c1ccccc1F. The number of carbonyl (C=O) groups excluding carboxylic acids is 1. The lowest BCUT2D eigenvalue weighted by atomic mass is 9.75. The monoisotopic (exact) mass is 390 g/mol. The molecule has 2 heterocycles. The summed E-state index contributed by atoms with van der Waals surface area (Å²) in [4.78, 5) is 15.4. The van der Waals surface area contributed by atoms with Gasteiger partial charge in [0.25, 0.3) is 5.91 Å². The number of rotatable bonds is 2. The molecule has 150 valence electrons. The Hall–Kier alpha value is -2.36. The largest absolute Gasteiger partial charge is 0.370 e. The van der Waals surface area contributed by atoms with Crippen LogP contribution in [0.2, 0.25) is 0 Å². The Morgan fingerprint density at radius 2 is 1.55 bits per heavy atom. The molecule has 0 saturated heterocycles. The van der Waals surface area contributed by atoms with Crippen molar-refractivity contribution in [2.75, 3.05) is 23.3 Å². The zero-order valence-electron chi connectivity index (χ0n) is 16.7. The first-order chi connectivity index (χ1) is 14.2. The molecular weight excluding hydrogens is 363 g/mol. The predicted molar refractivity (Wildman–Crippen MR) is 113 cm³/mol. The summed E-state index contributed by atoms with van der Waals surface area (Å²) in [6.07, 6.45) is 7.74. The molecule has 3 nitrogen and oxygen atoms in total. The summed E-state index contributed by atoms with van der Waals surface area (Å²) >= 11 is 0. The second kappa shape index (κ2) is 6.58. The van der Waals surface area contributed by atoms with E-state index >= 15 is 0 Å². The van der Waals surface area contributed by atoms with E-state index in [-0.39, 0.29) is 11.5 Å². The molecule has 0 aromatic heterocycles. The Morgan fingerprint density at radius 1 is 0.931 bits per heavy atom. The van der Waals surface area contributed by atoms with E-state index < -0.39 is 5.82 Å². The van der Waals surface area contributed by atoms with Crippen LogP contribution in [0.4, 0.5) is 15.8 Å². The minimum Gasteiger partial charge on any atom is -0.370 e. The number of amides is 1. The number of halogens is 1. The van der Waals surface area contributed by atoms with Crippen LogP contribution in [-0.4, -0.2) is 19.0 Å². The van der Waals surface area contributed by atoms with Gasteiger partial charge in [-0.15, -0.1) is 0 Å². The smallest absolute Gasteiger partial charge is 0.258 e. The van der Waals surface area contributed by atoms with Crippen LogP contribution in [0.3, 0.4) is 0 Å². The molecule has 2 saturated carbocycles. The molecule has 2 aromatic rings. The first-order valence-electron chi connectivity index (χ1n) is 11.2. The number of nitrogens with zero attached hydrogens (tertiary/aromatic N) is 1. The normalized spacial score (nSPS) is 29.2. The van der Waals surface area contributed by atoms with E-state index in [1.807, 2.05) is 0 Å². The maximum Gasteiger partial charge on any atom is 0.258 e. The lowest BCUT2D eigenvalue weighted by Gasteiger charge is -2.46. The van der Waals surface area contributed by atoms with Crippen LogP contribution in [0.15, 0.2) is 36.4 Å². The van der Waals surface area contributed by atoms with E-state index in [4.69, 9.17) is 0 Å². The van der Waals surface area contributed by atoms with E-state index in [2.05, 4.69) is 22.3 Å². The van der Waals surface area contributed by atoms with Gasteiger partial charge in [0.05, 0.1) is 5.56 Å². The second-order valence-electron chi connectivity index (χ2n) is 9.44. The molecule has 0 radical (unpaired) electrons. The first kappa shape index (κ1) is 17.5. The highest BCUT2D eigenvalue weighted by atomic mass is 19.1. The van der Waals surface area contributed by atoms with Crippen molar-refractivity contribution in [2.24, 2.45) is 11.8 Å². The van der Waals surface area contributed by atoms with Gasteiger partial charge in [0.1, 0.15) is 5.82 Å². The fraction of sp³-hybridized carbons (Fsp3) is 0.480. The van der Waals surface area contributed by atoms with Gasteiger partial charge in [-0.2, -0.15) is 0 Å². The van der Waals surface area contributed by atoms with Gasteiger partial charge in [-0.3, -0.25) is 4.79 Å². The number of hydrogen-bond donors (Lipinski definition) is 1. The molecule has 29 heavy (non-hydrogen) atoms. The Balaban J connectivity index is 1.43. The van der Waals surface area contributed by atoms with E-state index in [1.54, 1.807) is 18.2 Å². The molecule has 4 atom stereocenters. The van der Waals surface area contributed by atoms with E-state index in [1.165, 1.54) is 74.5 Å². The fourth-order valence-electron chi connectivity index (χ4n) is 6.68. The van der Waals surface area contributed by atoms with Gasteiger partial charge in [-0.1, -0.05) is 25.0 Å². The summed E-state index contributed by atoms with van der Waals surface area (Å²) in [5, 5.41) is 3.03. The maximum atomic E-state index is 14.1. The summed E-state index contributed by atoms with van der Waals surface area (Å²) in [7, 11) is 0. The van der Waals surface area contributed by atoms with E-state index in [0.29, 0.717) is 11.8 Å². The van der Waals surface area contributed by atoms with Crippen molar-refractivity contribution >= 4 is 17.3 Å². The summed E-state index contributed by atoms with van der Waals surface area (Å²) in [5.41, 5.74) is 5.29. The number of hydrogen-bond acceptors (Lipinski definition) is 2. The van der Waals surface area contributed by atoms with Gasteiger partial charge in [-0.25, -0.2) is 4.39 Å². The third-order valence-corrected chi connectivity index (χ3v) is 7.89. The molecule has 2 aliphatic heterocycles. The van der Waals surface area contributed by atoms with Gasteiger partial charge >= 0.3 is 0 Å². The average Bonchev–Trinajstić information content (AvgIpc) is 3.37. The molecular formula is C25H27FN2O. The van der Waals surface area contributed by atoms with Gasteiger partial charge in [-0.05, 0) is 84.7 Å². The predicted octanol–water partition coefficient (Wildman–Crippen LogP) is 5.68. The number of carbonyl (C=O) groups is 1. The maximum absolute atomic E-state index is 14.1. The molecule has 0 spiro atoms. The van der Waals surface area contributed by atoms with Crippen molar-refractivity contribution in [1.29, 1.82) is 0 Å². The summed E-state index contributed by atoms with van der Waals surface area (Å²) < 4.78 is 14.1. The highest BCUT2D eigenvalue weighted by Crippen LogP contribution is 2.56. The van der Waals surface area contributed by atoms with Crippen LogP contribution in [0.5, 0.6) is 0 Å². The number of anilines is 2. The van der Waals surface area contributed by atoms with Crippen molar-refractivity contribution in [3.63, 3.8) is 0 Å². The average molecular weight is 391 g/mol. The number of fused-ring (bicyclic) bond motifs is 4. The van der Waals surface area contributed by atoms with Crippen LogP contribution < -0.4 is 10.2 Å². The molecule has 4 heteroatoms. The molecule has 2 aromatic carbocycles. The highest BCUT2D eigenvalue weighted by Gasteiger charge is 2.44. The highest BCUT2D eigenvalue weighted by molar-refractivity contribution is 6.04. The molecule has 4 aliphatic rings. The minimum atomic E-state index is -0.470. The second-order valence-corrected chi connectivity index (χ2v) is 9.44. The summed E-state index contributed by atoms with van der Waals surface area (Å²) in [6.45, 7) is 2.41. The zero-order chi connectivity index (χ0) is 19.5. The lowest BCUT2D eigenvalue weighted by Crippen LogP contribution is -2.43. The zero-order valence-corrected chi connectivity index (χ0v) is 16.7. The van der Waals surface area contributed by atoms with Crippen LogP contribution in [0, 0.1) is 17.7 Å². The number of nitrogens with one attached hydrogen (secondary N) is 1. The first-order valence-corrected chi connectivity index (χ1v) is 11.2. The molecule has 1 N–H and O–H groups in total. The van der Waals surface area contributed by atoms with Crippen molar-refractivity contribution in [1.82, 2.24) is 0 Å². The Bertz CT molecular complexity index is 942. The lowest BCUT2D eigenvalue weighted by molar-refractivity contribution is 0.102. The quantitative estimate of drug-likeness (QED) is 0.716. The third kappa shape index (κ3) is 2.72. The van der Waals surface area contributed by atoms with Crippen LogP contribution in [-0.2, 0) is 0 Å². The fourth-order valence-corrected chi connectivity index (χ4v) is 6.68. The minimum absolute atomic E-state index is 0.109. The van der Waals surface area contributed by atoms with Gasteiger partial charge in [0, 0.05) is 24.5 Å². The van der Waals surface area contributed by atoms with Gasteiger partial charge in [0.15, 0.2) is 0 Å². The van der Waals surface area contributed by atoms with Crippen LogP contribution >= 0.6 is 0 Å². The van der Waals surface area contributed by atoms with E-state index in [0.717, 1.165) is 17.5 Å². The van der Waals surface area contributed by atoms with Gasteiger partial charge < -0.3 is 10.2 Å². The molecule has 0 bridgehead atoms. The molecule has 6 rings (SSSR count). The van der Waals surface area contributed by atoms with Crippen molar-refractivity contribution < 1.29 is 9.18 Å². The Morgan fingerprint density at radius 3 is 2.17 bits per heavy atom. The molecule has 2 fully saturated rings. The third-order valence-electron chi connectivity index (χ3n) is 7.89. The van der Waals surface area contributed by atoms with Crippen molar-refractivity contribution in [3.05, 3.63) is 58.9 Å². The van der Waals surface area contributed by atoms with Crippen molar-refractivity contribution in [3.8, 4) is 0 Å². The Kier molecular flexibility index (Phi) is 3.97. The van der Waals surface area contributed by atoms with Crippen LogP contribution in [0.1, 0.15) is 71.8 Å². The van der Waals surface area contributed by atoms with Crippen molar-refractivity contribution in [2.45, 2.75) is 50.4 Å². The number of benzene rings is 2. The summed E-state index contributed by atoms with van der Waals surface area (Å²) in [5.74, 6) is 1.88. The summed E-state index contributed by atoms with van der Waals surface area (Å²) in [6, 6.07) is 10.6. The molecule has 0 unspecified atom stereocenters. The van der Waals surface area contributed by atoms with E-state index in [9.17, 15) is 9.18 Å².